The number of hydrogen-bond donors (Lipinski definition) is 2. The van der Waals surface area contributed by atoms with E-state index in [1.54, 1.807) is 0 Å². The predicted molar refractivity (Wildman–Crippen MR) is 97.6 cm³/mol. The Hall–Kier alpha value is -2.92. The van der Waals surface area contributed by atoms with Gasteiger partial charge in [0.25, 0.3) is 0 Å². The summed E-state index contributed by atoms with van der Waals surface area (Å²) in [7, 11) is 0. The van der Waals surface area contributed by atoms with Gasteiger partial charge in [0, 0.05) is 18.5 Å². The molecule has 2 aromatic carbocycles. The average molecular weight is 317 g/mol. The average Bonchev–Trinajstić information content (AvgIpc) is 2.93. The van der Waals surface area contributed by atoms with Gasteiger partial charge < -0.3 is 16.0 Å². The smallest absolute Gasteiger partial charge is 0.152 e. The van der Waals surface area contributed by atoms with Crippen LogP contribution in [0.2, 0.25) is 0 Å². The largest absolute Gasteiger partial charge is 0.382 e. The van der Waals surface area contributed by atoms with Gasteiger partial charge in [-0.1, -0.05) is 42.5 Å². The molecule has 5 heteroatoms. The third-order valence-corrected chi connectivity index (χ3v) is 4.37. The highest BCUT2D eigenvalue weighted by Gasteiger charge is 2.15. The third-order valence-electron chi connectivity index (χ3n) is 4.37. The summed E-state index contributed by atoms with van der Waals surface area (Å²) in [6.07, 6.45) is 0. The first-order valence-corrected chi connectivity index (χ1v) is 7.96. The minimum atomic E-state index is 0.473. The molecule has 2 heterocycles. The number of rotatable bonds is 3. The molecular formula is C19H19N5. The quantitative estimate of drug-likeness (QED) is 0.608. The van der Waals surface area contributed by atoms with Gasteiger partial charge in [0.1, 0.15) is 11.3 Å². The summed E-state index contributed by atoms with van der Waals surface area (Å²) in [6.45, 7) is 3.27. The van der Waals surface area contributed by atoms with Crippen LogP contribution in [0, 0.1) is 6.92 Å². The number of aryl methyl sites for hydroxylation is 1. The van der Waals surface area contributed by atoms with Crippen LogP contribution >= 0.6 is 0 Å². The molecule has 0 atom stereocenters. The number of nitrogen functional groups attached to an aromatic ring is 1. The van der Waals surface area contributed by atoms with Crippen molar-refractivity contribution in [1.82, 2.24) is 14.5 Å². The summed E-state index contributed by atoms with van der Waals surface area (Å²) < 4.78 is 2.20. The van der Waals surface area contributed by atoms with E-state index in [0.717, 1.165) is 39.9 Å². The molecule has 0 saturated carbocycles. The number of anilines is 1. The van der Waals surface area contributed by atoms with Gasteiger partial charge >= 0.3 is 0 Å². The lowest BCUT2D eigenvalue weighted by atomic mass is 10.1. The van der Waals surface area contributed by atoms with Crippen molar-refractivity contribution in [2.45, 2.75) is 20.0 Å². The molecule has 0 spiro atoms. The van der Waals surface area contributed by atoms with E-state index >= 15 is 0 Å². The predicted octanol–water partition coefficient (Wildman–Crippen LogP) is 2.98. The van der Waals surface area contributed by atoms with Gasteiger partial charge in [0.15, 0.2) is 5.82 Å². The van der Waals surface area contributed by atoms with Crippen molar-refractivity contribution in [3.05, 3.63) is 65.5 Å². The molecule has 0 unspecified atom stereocenters. The molecule has 0 aliphatic heterocycles. The number of aromatic nitrogens is 3. The molecule has 4 rings (SSSR count). The van der Waals surface area contributed by atoms with Gasteiger partial charge in [-0.2, -0.15) is 0 Å². The van der Waals surface area contributed by atoms with Crippen LogP contribution in [0.4, 0.5) is 5.82 Å². The van der Waals surface area contributed by atoms with Gasteiger partial charge in [0.05, 0.1) is 11.0 Å². The van der Waals surface area contributed by atoms with Gasteiger partial charge in [-0.25, -0.2) is 9.97 Å². The molecule has 120 valence electrons. The summed E-state index contributed by atoms with van der Waals surface area (Å²) in [6, 6.07) is 16.4. The summed E-state index contributed by atoms with van der Waals surface area (Å²) in [5.41, 5.74) is 16.9. The van der Waals surface area contributed by atoms with E-state index < -0.39 is 0 Å². The number of nitrogens with two attached hydrogens (primary N) is 2. The number of nitrogens with zero attached hydrogens (tertiary/aromatic N) is 3. The van der Waals surface area contributed by atoms with E-state index in [-0.39, 0.29) is 0 Å². The molecule has 0 fully saturated rings. The number of pyridine rings is 1. The Balaban J connectivity index is 1.96. The number of hydrogen-bond acceptors (Lipinski definition) is 4. The molecule has 24 heavy (non-hydrogen) atoms. The standard InChI is InChI=1S/C19H19N5/c1-12-22-17-18(15-7-2-3-8-16(15)23-19(17)21)24(12)11-14-6-4-5-13(9-14)10-20/h2-9H,10-11,20H2,1H3,(H2,21,23). The van der Waals surface area contributed by atoms with E-state index in [1.807, 2.05) is 37.3 Å². The molecule has 0 saturated heterocycles. The second-order valence-electron chi connectivity index (χ2n) is 5.98. The van der Waals surface area contributed by atoms with Gasteiger partial charge in [-0.15, -0.1) is 0 Å². The molecule has 0 aliphatic carbocycles. The van der Waals surface area contributed by atoms with Crippen molar-refractivity contribution in [1.29, 1.82) is 0 Å². The van der Waals surface area contributed by atoms with E-state index in [0.29, 0.717) is 12.4 Å². The highest BCUT2D eigenvalue weighted by molar-refractivity contribution is 6.06. The first-order chi connectivity index (χ1) is 11.7. The monoisotopic (exact) mass is 317 g/mol. The van der Waals surface area contributed by atoms with Crippen LogP contribution in [0.15, 0.2) is 48.5 Å². The van der Waals surface area contributed by atoms with Crippen LogP contribution in [0.5, 0.6) is 0 Å². The van der Waals surface area contributed by atoms with Crippen LogP contribution in [0.1, 0.15) is 17.0 Å². The number of para-hydroxylation sites is 1. The number of fused-ring (bicyclic) bond motifs is 3. The lowest BCUT2D eigenvalue weighted by Gasteiger charge is -2.10. The Kier molecular flexibility index (Phi) is 3.43. The molecule has 0 amide bonds. The number of benzene rings is 2. The molecule has 4 N–H and O–H groups in total. The molecule has 2 aromatic heterocycles. The molecule has 0 radical (unpaired) electrons. The van der Waals surface area contributed by atoms with Gasteiger partial charge in [0.2, 0.25) is 0 Å². The summed E-state index contributed by atoms with van der Waals surface area (Å²) >= 11 is 0. The maximum Gasteiger partial charge on any atom is 0.152 e. The second-order valence-corrected chi connectivity index (χ2v) is 5.98. The van der Waals surface area contributed by atoms with E-state index in [1.165, 1.54) is 5.56 Å². The Morgan fingerprint density at radius 3 is 2.62 bits per heavy atom. The molecule has 0 bridgehead atoms. The van der Waals surface area contributed by atoms with Gasteiger partial charge in [-0.3, -0.25) is 0 Å². The maximum atomic E-state index is 6.14. The maximum absolute atomic E-state index is 6.14. The zero-order valence-electron chi connectivity index (χ0n) is 13.5. The zero-order valence-corrected chi connectivity index (χ0v) is 13.5. The summed E-state index contributed by atoms with van der Waals surface area (Å²) in [5, 5.41) is 1.07. The van der Waals surface area contributed by atoms with Crippen molar-refractivity contribution < 1.29 is 0 Å². The number of imidazole rings is 1. The fourth-order valence-corrected chi connectivity index (χ4v) is 3.20. The highest BCUT2D eigenvalue weighted by Crippen LogP contribution is 2.29. The van der Waals surface area contributed by atoms with Crippen molar-refractivity contribution >= 4 is 27.8 Å². The molecule has 4 aromatic rings. The lowest BCUT2D eigenvalue weighted by Crippen LogP contribution is -2.04. The van der Waals surface area contributed by atoms with Gasteiger partial charge in [-0.05, 0) is 24.1 Å². The molecule has 5 nitrogen and oxygen atoms in total. The Bertz CT molecular complexity index is 1050. The van der Waals surface area contributed by atoms with Crippen LogP contribution in [-0.2, 0) is 13.1 Å². The van der Waals surface area contributed by atoms with Crippen molar-refractivity contribution in [3.8, 4) is 0 Å². The normalized spacial score (nSPS) is 11.4. The van der Waals surface area contributed by atoms with Crippen LogP contribution < -0.4 is 11.5 Å². The zero-order chi connectivity index (χ0) is 16.7. The van der Waals surface area contributed by atoms with Crippen LogP contribution in [-0.4, -0.2) is 14.5 Å². The van der Waals surface area contributed by atoms with Crippen LogP contribution in [0.25, 0.3) is 21.9 Å². The van der Waals surface area contributed by atoms with E-state index in [9.17, 15) is 0 Å². The first-order valence-electron chi connectivity index (χ1n) is 7.96. The minimum Gasteiger partial charge on any atom is -0.382 e. The summed E-state index contributed by atoms with van der Waals surface area (Å²) in [5.74, 6) is 1.40. The lowest BCUT2D eigenvalue weighted by molar-refractivity contribution is 0.786. The third kappa shape index (κ3) is 2.30. The SMILES string of the molecule is Cc1nc2c(N)nc3ccccc3c2n1Cc1cccc(CN)c1. The van der Waals surface area contributed by atoms with Crippen molar-refractivity contribution in [2.75, 3.05) is 5.73 Å². The minimum absolute atomic E-state index is 0.473. The van der Waals surface area contributed by atoms with Crippen LogP contribution in [0.3, 0.4) is 0 Å². The van der Waals surface area contributed by atoms with E-state index in [4.69, 9.17) is 11.5 Å². The van der Waals surface area contributed by atoms with E-state index in [2.05, 4.69) is 32.7 Å². The molecule has 0 aliphatic rings. The van der Waals surface area contributed by atoms with Crippen molar-refractivity contribution in [2.24, 2.45) is 5.73 Å². The topological polar surface area (TPSA) is 82.8 Å². The fraction of sp³-hybridized carbons (Fsp3) is 0.158. The Labute approximate surface area is 139 Å². The van der Waals surface area contributed by atoms with Crippen molar-refractivity contribution in [3.63, 3.8) is 0 Å². The summed E-state index contributed by atoms with van der Waals surface area (Å²) in [4.78, 5) is 9.13. The highest BCUT2D eigenvalue weighted by atomic mass is 15.1. The Morgan fingerprint density at radius 1 is 1.00 bits per heavy atom. The Morgan fingerprint density at radius 2 is 1.79 bits per heavy atom. The molecular weight excluding hydrogens is 298 g/mol. The first kappa shape index (κ1) is 14.7. The fourth-order valence-electron chi connectivity index (χ4n) is 3.20. The second kappa shape index (κ2) is 5.62.